The van der Waals surface area contributed by atoms with Crippen LogP contribution in [0.3, 0.4) is 0 Å². The molecule has 0 aliphatic carbocycles. The maximum absolute atomic E-state index is 5.35. The average molecular weight is 333 g/mol. The minimum Gasteiger partial charge on any atom is -0.381 e. The topological polar surface area (TPSA) is 47.0 Å². The molecule has 4 nitrogen and oxygen atoms in total. The van der Waals surface area contributed by atoms with Crippen molar-refractivity contribution in [1.29, 1.82) is 0 Å². The van der Waals surface area contributed by atoms with Gasteiger partial charge < -0.3 is 10.1 Å². The smallest absolute Gasteiger partial charge is 0.143 e. The first-order valence-corrected chi connectivity index (χ1v) is 6.73. The Balaban J connectivity index is 2.17. The Morgan fingerprint density at radius 1 is 1.50 bits per heavy atom. The van der Waals surface area contributed by atoms with Crippen LogP contribution in [0.5, 0.6) is 0 Å². The van der Waals surface area contributed by atoms with Gasteiger partial charge >= 0.3 is 0 Å². The molecular weight excluding hydrogens is 317 g/mol. The van der Waals surface area contributed by atoms with Crippen LogP contribution in [0, 0.1) is 3.57 Å². The molecule has 1 saturated heterocycles. The van der Waals surface area contributed by atoms with E-state index in [2.05, 4.69) is 44.8 Å². The number of anilines is 1. The van der Waals surface area contributed by atoms with Crippen molar-refractivity contribution in [2.45, 2.75) is 25.7 Å². The highest BCUT2D eigenvalue weighted by Crippen LogP contribution is 2.25. The zero-order valence-corrected chi connectivity index (χ0v) is 11.5. The fourth-order valence-electron chi connectivity index (χ4n) is 1.82. The normalized spacial score (nSPS) is 17.4. The van der Waals surface area contributed by atoms with Crippen molar-refractivity contribution >= 4 is 28.4 Å². The van der Waals surface area contributed by atoms with Crippen molar-refractivity contribution in [3.63, 3.8) is 0 Å². The van der Waals surface area contributed by atoms with Gasteiger partial charge in [0.05, 0.1) is 3.57 Å². The Labute approximate surface area is 109 Å². The molecule has 0 spiro atoms. The summed E-state index contributed by atoms with van der Waals surface area (Å²) in [6.45, 7) is 4.62. The van der Waals surface area contributed by atoms with Gasteiger partial charge in [0.1, 0.15) is 11.6 Å². The van der Waals surface area contributed by atoms with Gasteiger partial charge in [-0.05, 0) is 42.4 Å². The number of hydrogen-bond donors (Lipinski definition) is 1. The van der Waals surface area contributed by atoms with Gasteiger partial charge in [0.15, 0.2) is 0 Å². The van der Waals surface area contributed by atoms with Crippen molar-refractivity contribution < 1.29 is 4.74 Å². The van der Waals surface area contributed by atoms with Gasteiger partial charge in [-0.15, -0.1) is 0 Å². The SMILES string of the molecule is CCNc1nc(C2CCOCC2)ncc1I. The van der Waals surface area contributed by atoms with Crippen molar-refractivity contribution in [3.8, 4) is 0 Å². The number of nitrogens with zero attached hydrogens (tertiary/aromatic N) is 2. The van der Waals surface area contributed by atoms with Crippen molar-refractivity contribution in [3.05, 3.63) is 15.6 Å². The van der Waals surface area contributed by atoms with Crippen LogP contribution in [-0.2, 0) is 4.74 Å². The number of ether oxygens (including phenoxy) is 1. The molecule has 1 N–H and O–H groups in total. The van der Waals surface area contributed by atoms with Crippen LogP contribution in [0.15, 0.2) is 6.20 Å². The third-order valence-corrected chi connectivity index (χ3v) is 3.48. The van der Waals surface area contributed by atoms with Crippen molar-refractivity contribution in [2.24, 2.45) is 0 Å². The molecule has 1 aliphatic heterocycles. The maximum Gasteiger partial charge on any atom is 0.143 e. The van der Waals surface area contributed by atoms with Crippen molar-refractivity contribution in [1.82, 2.24) is 9.97 Å². The standard InChI is InChI=1S/C11H16IN3O/c1-2-13-11-9(12)7-14-10(15-11)8-3-5-16-6-4-8/h7-8H,2-6H2,1H3,(H,13,14,15). The highest BCUT2D eigenvalue weighted by Gasteiger charge is 2.19. The highest BCUT2D eigenvalue weighted by atomic mass is 127. The first-order chi connectivity index (χ1) is 7.81. The lowest BCUT2D eigenvalue weighted by molar-refractivity contribution is 0.0836. The van der Waals surface area contributed by atoms with E-state index >= 15 is 0 Å². The van der Waals surface area contributed by atoms with E-state index in [-0.39, 0.29) is 0 Å². The molecule has 0 atom stereocenters. The highest BCUT2D eigenvalue weighted by molar-refractivity contribution is 14.1. The third kappa shape index (κ3) is 2.82. The first-order valence-electron chi connectivity index (χ1n) is 5.65. The second-order valence-electron chi connectivity index (χ2n) is 3.84. The summed E-state index contributed by atoms with van der Waals surface area (Å²) >= 11 is 2.26. The number of hydrogen-bond acceptors (Lipinski definition) is 4. The Hall–Kier alpha value is -0.430. The van der Waals surface area contributed by atoms with Crippen LogP contribution in [0.2, 0.25) is 0 Å². The zero-order valence-electron chi connectivity index (χ0n) is 9.37. The molecule has 2 rings (SSSR count). The van der Waals surface area contributed by atoms with Crippen LogP contribution < -0.4 is 5.32 Å². The minimum atomic E-state index is 0.461. The summed E-state index contributed by atoms with van der Waals surface area (Å²) in [6.07, 6.45) is 3.97. The predicted octanol–water partition coefficient (Wildman–Crippen LogP) is 2.41. The van der Waals surface area contributed by atoms with E-state index in [1.807, 2.05) is 6.20 Å². The van der Waals surface area contributed by atoms with E-state index < -0.39 is 0 Å². The quantitative estimate of drug-likeness (QED) is 0.863. The zero-order chi connectivity index (χ0) is 11.4. The molecule has 1 aromatic rings. The van der Waals surface area contributed by atoms with Gasteiger partial charge in [-0.3, -0.25) is 0 Å². The lowest BCUT2D eigenvalue weighted by Gasteiger charge is -2.21. The van der Waals surface area contributed by atoms with Crippen LogP contribution in [0.4, 0.5) is 5.82 Å². The molecule has 5 heteroatoms. The summed E-state index contributed by atoms with van der Waals surface area (Å²) in [5, 5.41) is 3.27. The molecule has 1 fully saturated rings. The van der Waals surface area contributed by atoms with Gasteiger partial charge in [0.2, 0.25) is 0 Å². The van der Waals surface area contributed by atoms with Crippen LogP contribution in [-0.4, -0.2) is 29.7 Å². The molecule has 0 radical (unpaired) electrons. The summed E-state index contributed by atoms with van der Waals surface area (Å²) in [6, 6.07) is 0. The Morgan fingerprint density at radius 2 is 2.25 bits per heavy atom. The number of halogens is 1. The fourth-order valence-corrected chi connectivity index (χ4v) is 2.28. The minimum absolute atomic E-state index is 0.461. The molecule has 0 aromatic carbocycles. The maximum atomic E-state index is 5.35. The Kier molecular flexibility index (Phi) is 4.34. The van der Waals surface area contributed by atoms with Crippen LogP contribution >= 0.6 is 22.6 Å². The molecule has 0 bridgehead atoms. The van der Waals surface area contributed by atoms with Crippen LogP contribution in [0.1, 0.15) is 31.5 Å². The summed E-state index contributed by atoms with van der Waals surface area (Å²) < 4.78 is 6.43. The molecule has 88 valence electrons. The van der Waals surface area contributed by atoms with E-state index in [0.717, 1.165) is 47.8 Å². The molecule has 1 aromatic heterocycles. The lowest BCUT2D eigenvalue weighted by Crippen LogP contribution is -2.17. The second-order valence-corrected chi connectivity index (χ2v) is 5.00. The molecule has 2 heterocycles. The van der Waals surface area contributed by atoms with Gasteiger partial charge in [-0.1, -0.05) is 0 Å². The summed E-state index contributed by atoms with van der Waals surface area (Å²) in [4.78, 5) is 9.03. The largest absolute Gasteiger partial charge is 0.381 e. The first kappa shape index (κ1) is 12.0. The van der Waals surface area contributed by atoms with Crippen LogP contribution in [0.25, 0.3) is 0 Å². The van der Waals surface area contributed by atoms with Crippen molar-refractivity contribution in [2.75, 3.05) is 25.1 Å². The van der Waals surface area contributed by atoms with Gasteiger partial charge in [0.25, 0.3) is 0 Å². The molecule has 1 aliphatic rings. The van der Waals surface area contributed by atoms with E-state index in [9.17, 15) is 0 Å². The van der Waals surface area contributed by atoms with E-state index in [1.54, 1.807) is 0 Å². The predicted molar refractivity (Wildman–Crippen MR) is 71.7 cm³/mol. The fraction of sp³-hybridized carbons (Fsp3) is 0.636. The van der Waals surface area contributed by atoms with Gasteiger partial charge in [0, 0.05) is 31.9 Å². The number of aromatic nitrogens is 2. The summed E-state index contributed by atoms with van der Waals surface area (Å²) in [5.74, 6) is 2.38. The molecular formula is C11H16IN3O. The van der Waals surface area contributed by atoms with Gasteiger partial charge in [-0.2, -0.15) is 0 Å². The molecule has 0 unspecified atom stereocenters. The summed E-state index contributed by atoms with van der Waals surface area (Å²) in [7, 11) is 0. The Bertz CT molecular complexity index is 353. The van der Waals surface area contributed by atoms with Gasteiger partial charge in [-0.25, -0.2) is 9.97 Å². The monoisotopic (exact) mass is 333 g/mol. The molecule has 0 saturated carbocycles. The second kappa shape index (κ2) is 5.77. The molecule has 0 amide bonds. The number of rotatable bonds is 3. The number of nitrogens with one attached hydrogen (secondary N) is 1. The van der Waals surface area contributed by atoms with E-state index in [4.69, 9.17) is 4.74 Å². The van der Waals surface area contributed by atoms with E-state index in [0.29, 0.717) is 5.92 Å². The average Bonchev–Trinajstić information content (AvgIpc) is 2.33. The molecule has 16 heavy (non-hydrogen) atoms. The summed E-state index contributed by atoms with van der Waals surface area (Å²) in [5.41, 5.74) is 0. The lowest BCUT2D eigenvalue weighted by atomic mass is 9.99. The third-order valence-electron chi connectivity index (χ3n) is 2.69. The Morgan fingerprint density at radius 3 is 2.94 bits per heavy atom. The van der Waals surface area contributed by atoms with E-state index in [1.165, 1.54) is 0 Å².